The van der Waals surface area contributed by atoms with Crippen LogP contribution in [0, 0.1) is 20.8 Å². The van der Waals surface area contributed by atoms with Gasteiger partial charge in [-0.15, -0.1) is 0 Å². The number of aromatic nitrogens is 1. The number of carbonyl (C=O) groups excluding carboxylic acids is 4. The van der Waals surface area contributed by atoms with Gasteiger partial charge in [-0.05, 0) is 50.1 Å². The molecule has 2 aromatic rings. The molecular weight excluding hydrogens is 408 g/mol. The lowest BCUT2D eigenvalue weighted by molar-refractivity contribution is -0.119. The summed E-state index contributed by atoms with van der Waals surface area (Å²) in [6, 6.07) is 4.77. The number of halogens is 1. The Morgan fingerprint density at radius 1 is 1.17 bits per heavy atom. The fraction of sp³-hybridized carbons (Fsp3) is 0.333. The van der Waals surface area contributed by atoms with Crippen LogP contribution in [-0.2, 0) is 16.6 Å². The van der Waals surface area contributed by atoms with Crippen molar-refractivity contribution in [1.82, 2.24) is 15.2 Å². The van der Waals surface area contributed by atoms with E-state index in [1.54, 1.807) is 39.1 Å². The second-order valence-electron chi connectivity index (χ2n) is 7.47. The fourth-order valence-electron chi connectivity index (χ4n) is 3.70. The van der Waals surface area contributed by atoms with Gasteiger partial charge < -0.3 is 20.5 Å². The molecule has 3 N–H and O–H groups in total. The standard InChI is InChI=1S/C21H23ClN4O4/c1-10-5-13(22)7-14(6-10)24-20(29)17-11(2)18(26(4)12(17)3)19(28)21(30)25-15-8-16(27)23-9-15/h5-7,15H,8-9H2,1-4H3,(H,23,27)(H,24,29)(H,25,30). The minimum absolute atomic E-state index is 0.134. The Bertz CT molecular complexity index is 1050. The lowest BCUT2D eigenvalue weighted by Gasteiger charge is -2.10. The Hall–Kier alpha value is -3.13. The van der Waals surface area contributed by atoms with Gasteiger partial charge in [-0.25, -0.2) is 0 Å². The van der Waals surface area contributed by atoms with Crippen LogP contribution in [0.4, 0.5) is 5.69 Å². The minimum atomic E-state index is -0.808. The molecule has 2 heterocycles. The van der Waals surface area contributed by atoms with Crippen LogP contribution in [0.3, 0.4) is 0 Å². The highest BCUT2D eigenvalue weighted by atomic mass is 35.5. The monoisotopic (exact) mass is 430 g/mol. The molecule has 30 heavy (non-hydrogen) atoms. The van der Waals surface area contributed by atoms with Gasteiger partial charge in [0.2, 0.25) is 5.91 Å². The van der Waals surface area contributed by atoms with Crippen molar-refractivity contribution in [3.05, 3.63) is 51.3 Å². The van der Waals surface area contributed by atoms with E-state index in [4.69, 9.17) is 11.6 Å². The van der Waals surface area contributed by atoms with Crippen LogP contribution < -0.4 is 16.0 Å². The number of nitrogens with zero attached hydrogens (tertiary/aromatic N) is 1. The molecule has 0 spiro atoms. The third-order valence-electron chi connectivity index (χ3n) is 5.19. The summed E-state index contributed by atoms with van der Waals surface area (Å²) in [5.74, 6) is -2.13. The minimum Gasteiger partial charge on any atom is -0.354 e. The first-order valence-electron chi connectivity index (χ1n) is 9.44. The van der Waals surface area contributed by atoms with Crippen LogP contribution in [0.1, 0.15) is 44.1 Å². The van der Waals surface area contributed by atoms with E-state index in [1.165, 1.54) is 4.57 Å². The van der Waals surface area contributed by atoms with E-state index in [1.807, 2.05) is 6.92 Å². The van der Waals surface area contributed by atoms with Gasteiger partial charge in [0.15, 0.2) is 0 Å². The van der Waals surface area contributed by atoms with E-state index in [0.29, 0.717) is 27.5 Å². The maximum Gasteiger partial charge on any atom is 0.294 e. The maximum absolute atomic E-state index is 12.9. The molecule has 3 amide bonds. The van der Waals surface area contributed by atoms with E-state index in [2.05, 4.69) is 16.0 Å². The molecule has 0 bridgehead atoms. The molecule has 1 aliphatic rings. The molecule has 8 nitrogen and oxygen atoms in total. The van der Waals surface area contributed by atoms with Gasteiger partial charge in [-0.1, -0.05) is 11.6 Å². The molecule has 1 aromatic heterocycles. The molecule has 9 heteroatoms. The first-order valence-corrected chi connectivity index (χ1v) is 9.82. The Morgan fingerprint density at radius 2 is 1.87 bits per heavy atom. The molecule has 1 aliphatic heterocycles. The summed E-state index contributed by atoms with van der Waals surface area (Å²) in [4.78, 5) is 49.5. The summed E-state index contributed by atoms with van der Waals surface area (Å²) in [5, 5.41) is 8.47. The third-order valence-corrected chi connectivity index (χ3v) is 5.41. The van der Waals surface area contributed by atoms with Crippen molar-refractivity contribution in [2.24, 2.45) is 7.05 Å². The lowest BCUT2D eigenvalue weighted by atomic mass is 10.1. The van der Waals surface area contributed by atoms with E-state index < -0.39 is 23.6 Å². The number of ketones is 1. The van der Waals surface area contributed by atoms with Crippen molar-refractivity contribution in [2.75, 3.05) is 11.9 Å². The average molecular weight is 431 g/mol. The van der Waals surface area contributed by atoms with Crippen LogP contribution >= 0.6 is 11.6 Å². The zero-order chi connectivity index (χ0) is 22.2. The Balaban J connectivity index is 1.85. The SMILES string of the molecule is Cc1cc(Cl)cc(NC(=O)c2c(C)c(C(=O)C(=O)NC3CNC(=O)C3)n(C)c2C)c1. The summed E-state index contributed by atoms with van der Waals surface area (Å²) >= 11 is 6.06. The number of nitrogens with one attached hydrogen (secondary N) is 3. The molecule has 1 fully saturated rings. The summed E-state index contributed by atoms with van der Waals surface area (Å²) in [5.41, 5.74) is 2.85. The molecular formula is C21H23ClN4O4. The molecule has 0 aliphatic carbocycles. The molecule has 1 atom stereocenters. The van der Waals surface area contributed by atoms with Gasteiger partial charge in [-0.2, -0.15) is 0 Å². The highest BCUT2D eigenvalue weighted by Crippen LogP contribution is 2.24. The van der Waals surface area contributed by atoms with E-state index in [-0.39, 0.29) is 24.6 Å². The second kappa shape index (κ2) is 8.31. The number of aryl methyl sites for hydroxylation is 1. The van der Waals surface area contributed by atoms with E-state index in [9.17, 15) is 19.2 Å². The summed E-state index contributed by atoms with van der Waals surface area (Å²) in [7, 11) is 1.63. The van der Waals surface area contributed by atoms with Crippen molar-refractivity contribution in [1.29, 1.82) is 0 Å². The fourth-order valence-corrected chi connectivity index (χ4v) is 3.99. The Morgan fingerprint density at radius 3 is 2.47 bits per heavy atom. The Labute approximate surface area is 179 Å². The summed E-state index contributed by atoms with van der Waals surface area (Å²) < 4.78 is 1.54. The van der Waals surface area contributed by atoms with E-state index in [0.717, 1.165) is 5.56 Å². The van der Waals surface area contributed by atoms with Crippen LogP contribution in [-0.4, -0.2) is 40.7 Å². The normalized spacial score (nSPS) is 15.6. The van der Waals surface area contributed by atoms with Crippen LogP contribution in [0.5, 0.6) is 0 Å². The predicted octanol–water partition coefficient (Wildman–Crippen LogP) is 2.04. The number of amides is 3. The predicted molar refractivity (Wildman–Crippen MR) is 113 cm³/mol. The van der Waals surface area contributed by atoms with Crippen molar-refractivity contribution in [3.63, 3.8) is 0 Å². The largest absolute Gasteiger partial charge is 0.354 e. The quantitative estimate of drug-likeness (QED) is 0.498. The molecule has 1 saturated heterocycles. The third kappa shape index (κ3) is 4.23. The van der Waals surface area contributed by atoms with Crippen molar-refractivity contribution < 1.29 is 19.2 Å². The number of carbonyl (C=O) groups is 4. The average Bonchev–Trinajstić information content (AvgIpc) is 3.14. The van der Waals surface area contributed by atoms with Crippen LogP contribution in [0.25, 0.3) is 0 Å². The van der Waals surface area contributed by atoms with Gasteiger partial charge in [0.1, 0.15) is 0 Å². The van der Waals surface area contributed by atoms with Crippen molar-refractivity contribution in [3.8, 4) is 0 Å². The maximum atomic E-state index is 12.9. The van der Waals surface area contributed by atoms with Gasteiger partial charge in [0, 0.05) is 36.4 Å². The highest BCUT2D eigenvalue weighted by molar-refractivity contribution is 6.43. The zero-order valence-electron chi connectivity index (χ0n) is 17.2. The molecule has 0 radical (unpaired) electrons. The van der Waals surface area contributed by atoms with Crippen LogP contribution in [0.2, 0.25) is 5.02 Å². The summed E-state index contributed by atoms with van der Waals surface area (Å²) in [6.45, 7) is 5.49. The number of hydrogen-bond donors (Lipinski definition) is 3. The van der Waals surface area contributed by atoms with Gasteiger partial charge in [0.25, 0.3) is 17.6 Å². The first-order chi connectivity index (χ1) is 14.1. The number of benzene rings is 1. The number of rotatable bonds is 5. The van der Waals surface area contributed by atoms with Gasteiger partial charge in [-0.3, -0.25) is 19.2 Å². The highest BCUT2D eigenvalue weighted by Gasteiger charge is 2.31. The lowest BCUT2D eigenvalue weighted by Crippen LogP contribution is -2.41. The topological polar surface area (TPSA) is 109 Å². The number of Topliss-reactive ketones (excluding diaryl/α,β-unsaturated/α-hetero) is 1. The molecule has 3 rings (SSSR count). The molecule has 1 aromatic carbocycles. The first kappa shape index (κ1) is 21.6. The van der Waals surface area contributed by atoms with Crippen molar-refractivity contribution in [2.45, 2.75) is 33.2 Å². The molecule has 1 unspecified atom stereocenters. The number of anilines is 1. The smallest absolute Gasteiger partial charge is 0.294 e. The van der Waals surface area contributed by atoms with E-state index >= 15 is 0 Å². The molecule has 0 saturated carbocycles. The van der Waals surface area contributed by atoms with Crippen LogP contribution in [0.15, 0.2) is 18.2 Å². The second-order valence-corrected chi connectivity index (χ2v) is 7.91. The number of hydrogen-bond acceptors (Lipinski definition) is 4. The van der Waals surface area contributed by atoms with Crippen molar-refractivity contribution >= 4 is 40.8 Å². The zero-order valence-corrected chi connectivity index (χ0v) is 17.9. The summed E-state index contributed by atoms with van der Waals surface area (Å²) in [6.07, 6.45) is 0.136. The van der Waals surface area contributed by atoms with Gasteiger partial charge in [0.05, 0.1) is 17.3 Å². The Kier molecular flexibility index (Phi) is 5.98. The van der Waals surface area contributed by atoms with Gasteiger partial charge >= 0.3 is 0 Å². The molecule has 158 valence electrons.